The monoisotopic (exact) mass is 303 g/mol. The maximum atomic E-state index is 12.4. The number of aromatic hydroxyl groups is 1. The van der Waals surface area contributed by atoms with E-state index in [0.29, 0.717) is 29.7 Å². The van der Waals surface area contributed by atoms with Gasteiger partial charge in [0.2, 0.25) is 6.39 Å². The number of phenols is 1. The zero-order chi connectivity index (χ0) is 15.5. The van der Waals surface area contributed by atoms with E-state index in [-0.39, 0.29) is 18.2 Å². The quantitative estimate of drug-likeness (QED) is 0.876. The third-order valence-corrected chi connectivity index (χ3v) is 3.45. The lowest BCUT2D eigenvalue weighted by Gasteiger charge is -2.16. The molecule has 7 heteroatoms. The van der Waals surface area contributed by atoms with Crippen molar-refractivity contribution in [3.63, 3.8) is 0 Å². The van der Waals surface area contributed by atoms with Crippen LogP contribution in [0.1, 0.15) is 29.0 Å². The number of ether oxygens (including phenoxy) is 1. The van der Waals surface area contributed by atoms with Crippen molar-refractivity contribution in [1.29, 1.82) is 0 Å². The molecule has 3 rings (SSSR count). The van der Waals surface area contributed by atoms with Gasteiger partial charge < -0.3 is 19.3 Å². The summed E-state index contributed by atoms with van der Waals surface area (Å²) < 4.78 is 10.3. The summed E-state index contributed by atoms with van der Waals surface area (Å²) in [4.78, 5) is 17.7. The van der Waals surface area contributed by atoms with Gasteiger partial charge in [-0.25, -0.2) is 0 Å². The number of carbonyl (C=O) groups excluding carboxylic acids is 1. The predicted octanol–water partition coefficient (Wildman–Crippen LogP) is 1.84. The zero-order valence-electron chi connectivity index (χ0n) is 12.2. The first-order valence-corrected chi connectivity index (χ1v) is 7.09. The molecule has 1 aromatic heterocycles. The molecule has 1 aliphatic carbocycles. The van der Waals surface area contributed by atoms with Crippen LogP contribution in [0.2, 0.25) is 0 Å². The fraction of sp³-hybridized carbons (Fsp3) is 0.400. The molecule has 0 radical (unpaired) electrons. The van der Waals surface area contributed by atoms with Gasteiger partial charge in [-0.1, -0.05) is 5.16 Å². The molecule has 0 spiro atoms. The zero-order valence-corrected chi connectivity index (χ0v) is 12.2. The van der Waals surface area contributed by atoms with Crippen LogP contribution in [0.15, 0.2) is 29.1 Å². The van der Waals surface area contributed by atoms with Gasteiger partial charge in [0, 0.05) is 18.7 Å². The summed E-state index contributed by atoms with van der Waals surface area (Å²) in [6.45, 7) is 0.846. The third-order valence-electron chi connectivity index (χ3n) is 3.45. The highest BCUT2D eigenvalue weighted by Crippen LogP contribution is 2.30. The number of hydrogen-bond donors (Lipinski definition) is 1. The Morgan fingerprint density at radius 2 is 2.27 bits per heavy atom. The standard InChI is InChI=1S/C15H17N3O4/c1-18(7-14-16-9-22-17-14)15(20)11-4-12(19)6-13(5-11)21-8-10-2-3-10/h4-6,9-10,19H,2-3,7-8H2,1H3. The average molecular weight is 303 g/mol. The van der Waals surface area contributed by atoms with Crippen LogP contribution in [-0.4, -0.2) is 39.7 Å². The van der Waals surface area contributed by atoms with Gasteiger partial charge in [0.1, 0.15) is 11.5 Å². The van der Waals surface area contributed by atoms with Gasteiger partial charge in [0.15, 0.2) is 5.82 Å². The minimum Gasteiger partial charge on any atom is -0.508 e. The van der Waals surface area contributed by atoms with Gasteiger partial charge in [-0.2, -0.15) is 4.98 Å². The molecule has 2 aromatic rings. The van der Waals surface area contributed by atoms with Crippen molar-refractivity contribution in [2.24, 2.45) is 5.92 Å². The number of aromatic nitrogens is 2. The summed E-state index contributed by atoms with van der Waals surface area (Å²) in [5.74, 6) is 1.27. The minimum atomic E-state index is -0.253. The van der Waals surface area contributed by atoms with E-state index in [2.05, 4.69) is 14.7 Å². The fourth-order valence-corrected chi connectivity index (χ4v) is 2.06. The smallest absolute Gasteiger partial charge is 0.254 e. The van der Waals surface area contributed by atoms with E-state index < -0.39 is 0 Å². The van der Waals surface area contributed by atoms with Crippen LogP contribution in [-0.2, 0) is 6.54 Å². The molecule has 22 heavy (non-hydrogen) atoms. The lowest BCUT2D eigenvalue weighted by Crippen LogP contribution is -2.26. The lowest BCUT2D eigenvalue weighted by molar-refractivity contribution is 0.0779. The van der Waals surface area contributed by atoms with Crippen molar-refractivity contribution in [2.45, 2.75) is 19.4 Å². The number of amides is 1. The van der Waals surface area contributed by atoms with Gasteiger partial charge in [0.25, 0.3) is 5.91 Å². The van der Waals surface area contributed by atoms with Crippen molar-refractivity contribution in [3.8, 4) is 11.5 Å². The molecular formula is C15H17N3O4. The molecule has 116 valence electrons. The first kappa shape index (κ1) is 14.4. The van der Waals surface area contributed by atoms with Crippen LogP contribution in [0, 0.1) is 5.92 Å². The maximum absolute atomic E-state index is 12.4. The van der Waals surface area contributed by atoms with E-state index in [0.717, 1.165) is 0 Å². The topological polar surface area (TPSA) is 88.7 Å². The predicted molar refractivity (Wildman–Crippen MR) is 76.4 cm³/mol. The molecule has 0 saturated heterocycles. The number of nitrogens with zero attached hydrogens (tertiary/aromatic N) is 3. The van der Waals surface area contributed by atoms with Crippen molar-refractivity contribution in [2.75, 3.05) is 13.7 Å². The summed E-state index contributed by atoms with van der Waals surface area (Å²) in [6, 6.07) is 4.56. The Bertz CT molecular complexity index is 653. The summed E-state index contributed by atoms with van der Waals surface area (Å²) in [7, 11) is 1.63. The largest absolute Gasteiger partial charge is 0.508 e. The number of hydrogen-bond acceptors (Lipinski definition) is 6. The van der Waals surface area contributed by atoms with Crippen molar-refractivity contribution < 1.29 is 19.2 Å². The second-order valence-electron chi connectivity index (χ2n) is 5.48. The van der Waals surface area contributed by atoms with E-state index in [1.54, 1.807) is 13.1 Å². The van der Waals surface area contributed by atoms with Crippen LogP contribution >= 0.6 is 0 Å². The minimum absolute atomic E-state index is 0.00427. The van der Waals surface area contributed by atoms with E-state index >= 15 is 0 Å². The Hall–Kier alpha value is -2.57. The highest BCUT2D eigenvalue weighted by atomic mass is 16.5. The molecule has 1 amide bonds. The molecule has 0 unspecified atom stereocenters. The number of benzene rings is 1. The number of phenolic OH excluding ortho intramolecular Hbond substituents is 1. The molecule has 1 saturated carbocycles. The first-order valence-electron chi connectivity index (χ1n) is 7.09. The van der Waals surface area contributed by atoms with E-state index in [9.17, 15) is 9.90 Å². The van der Waals surface area contributed by atoms with Gasteiger partial charge in [0.05, 0.1) is 13.2 Å². The Kier molecular flexibility index (Phi) is 3.95. The van der Waals surface area contributed by atoms with Crippen molar-refractivity contribution in [3.05, 3.63) is 36.0 Å². The van der Waals surface area contributed by atoms with Gasteiger partial charge in [-0.3, -0.25) is 4.79 Å². The van der Waals surface area contributed by atoms with Gasteiger partial charge in [-0.05, 0) is 30.9 Å². The van der Waals surface area contributed by atoms with Crippen LogP contribution in [0.3, 0.4) is 0 Å². The highest BCUT2D eigenvalue weighted by molar-refractivity contribution is 5.94. The maximum Gasteiger partial charge on any atom is 0.254 e. The van der Waals surface area contributed by atoms with Crippen molar-refractivity contribution in [1.82, 2.24) is 15.0 Å². The van der Waals surface area contributed by atoms with Crippen LogP contribution < -0.4 is 4.74 Å². The molecular weight excluding hydrogens is 286 g/mol. The third kappa shape index (κ3) is 3.55. The first-order chi connectivity index (χ1) is 10.6. The fourth-order valence-electron chi connectivity index (χ4n) is 2.06. The van der Waals surface area contributed by atoms with E-state index in [1.807, 2.05) is 0 Å². The summed E-state index contributed by atoms with van der Waals surface area (Å²) >= 11 is 0. The summed E-state index contributed by atoms with van der Waals surface area (Å²) in [5.41, 5.74) is 0.358. The van der Waals surface area contributed by atoms with Gasteiger partial charge in [-0.15, -0.1) is 0 Å². The Morgan fingerprint density at radius 3 is 2.95 bits per heavy atom. The second kappa shape index (κ2) is 6.05. The Balaban J connectivity index is 1.69. The summed E-state index contributed by atoms with van der Waals surface area (Å²) in [5, 5.41) is 13.4. The molecule has 0 atom stereocenters. The molecule has 1 aromatic carbocycles. The van der Waals surface area contributed by atoms with Crippen LogP contribution in [0.25, 0.3) is 0 Å². The van der Waals surface area contributed by atoms with E-state index in [4.69, 9.17) is 4.74 Å². The molecule has 1 fully saturated rings. The summed E-state index contributed by atoms with van der Waals surface area (Å²) in [6.07, 6.45) is 3.57. The highest BCUT2D eigenvalue weighted by Gasteiger charge is 2.22. The molecule has 1 aliphatic rings. The number of rotatable bonds is 6. The Morgan fingerprint density at radius 1 is 1.45 bits per heavy atom. The number of carbonyl (C=O) groups is 1. The second-order valence-corrected chi connectivity index (χ2v) is 5.48. The SMILES string of the molecule is CN(Cc1ncon1)C(=O)c1cc(O)cc(OCC2CC2)c1. The van der Waals surface area contributed by atoms with Gasteiger partial charge >= 0.3 is 0 Å². The lowest BCUT2D eigenvalue weighted by atomic mass is 10.1. The van der Waals surface area contributed by atoms with Crippen LogP contribution in [0.4, 0.5) is 0 Å². The molecule has 1 heterocycles. The average Bonchev–Trinajstić information content (AvgIpc) is 3.19. The normalized spacial score (nSPS) is 13.9. The van der Waals surface area contributed by atoms with Crippen molar-refractivity contribution >= 4 is 5.91 Å². The molecule has 7 nitrogen and oxygen atoms in total. The molecule has 0 bridgehead atoms. The molecule has 0 aliphatic heterocycles. The van der Waals surface area contributed by atoms with Crippen LogP contribution in [0.5, 0.6) is 11.5 Å². The van der Waals surface area contributed by atoms with E-state index in [1.165, 1.54) is 36.3 Å². The Labute approximate surface area is 127 Å². The molecule has 1 N–H and O–H groups in total.